The van der Waals surface area contributed by atoms with Crippen LogP contribution >= 0.6 is 0 Å². The van der Waals surface area contributed by atoms with Crippen LogP contribution in [0, 0.1) is 12.3 Å². The van der Waals surface area contributed by atoms with E-state index in [1.807, 2.05) is 13.2 Å². The molecular formula is C14H23N3. The van der Waals surface area contributed by atoms with E-state index < -0.39 is 0 Å². The van der Waals surface area contributed by atoms with E-state index in [-0.39, 0.29) is 0 Å². The minimum atomic E-state index is 0.439. The highest BCUT2D eigenvalue weighted by Crippen LogP contribution is 2.34. The second-order valence-corrected chi connectivity index (χ2v) is 5.82. The molecule has 1 aromatic heterocycles. The molecule has 0 amide bonds. The molecule has 3 nitrogen and oxygen atoms in total. The van der Waals surface area contributed by atoms with Crippen LogP contribution in [0.2, 0.25) is 0 Å². The highest BCUT2D eigenvalue weighted by molar-refractivity contribution is 5.54. The first-order valence-electron chi connectivity index (χ1n) is 6.37. The van der Waals surface area contributed by atoms with Gasteiger partial charge in [-0.15, -0.1) is 0 Å². The van der Waals surface area contributed by atoms with Crippen molar-refractivity contribution in [2.24, 2.45) is 5.41 Å². The number of aromatic nitrogens is 1. The Morgan fingerprint density at radius 1 is 1.47 bits per heavy atom. The molecule has 2 heterocycles. The lowest BCUT2D eigenvalue weighted by molar-refractivity contribution is 0.418. The van der Waals surface area contributed by atoms with Crippen LogP contribution in [-0.4, -0.2) is 25.1 Å². The van der Waals surface area contributed by atoms with Crippen LogP contribution in [0.3, 0.4) is 0 Å². The zero-order valence-corrected chi connectivity index (χ0v) is 11.4. The zero-order chi connectivity index (χ0) is 12.5. The van der Waals surface area contributed by atoms with Crippen LogP contribution in [0.1, 0.15) is 31.5 Å². The lowest BCUT2D eigenvalue weighted by Gasteiger charge is -2.24. The second-order valence-electron chi connectivity index (χ2n) is 5.82. The standard InChI is InChI=1S/C14H23N3/c1-11-7-13(12(8-15-4)9-16-11)17-6-5-14(2,3)10-17/h7,9,15H,5-6,8,10H2,1-4H3. The molecule has 0 bridgehead atoms. The van der Waals surface area contributed by atoms with Crippen molar-refractivity contribution in [3.05, 3.63) is 23.5 Å². The van der Waals surface area contributed by atoms with Gasteiger partial charge in [0.1, 0.15) is 0 Å². The number of anilines is 1. The van der Waals surface area contributed by atoms with Crippen LogP contribution < -0.4 is 10.2 Å². The van der Waals surface area contributed by atoms with E-state index in [1.54, 1.807) is 0 Å². The van der Waals surface area contributed by atoms with Crippen LogP contribution in [0.25, 0.3) is 0 Å². The van der Waals surface area contributed by atoms with Gasteiger partial charge in [-0.1, -0.05) is 13.8 Å². The number of hydrogen-bond donors (Lipinski definition) is 1. The summed E-state index contributed by atoms with van der Waals surface area (Å²) in [5, 5.41) is 3.22. The summed E-state index contributed by atoms with van der Waals surface area (Å²) in [6, 6.07) is 2.22. The molecule has 1 N–H and O–H groups in total. The van der Waals surface area contributed by atoms with Gasteiger partial charge in [0, 0.05) is 42.8 Å². The minimum Gasteiger partial charge on any atom is -0.371 e. The maximum absolute atomic E-state index is 4.40. The third-order valence-corrected chi connectivity index (χ3v) is 3.48. The van der Waals surface area contributed by atoms with Crippen molar-refractivity contribution in [1.82, 2.24) is 10.3 Å². The summed E-state index contributed by atoms with van der Waals surface area (Å²) in [4.78, 5) is 6.90. The second kappa shape index (κ2) is 4.65. The van der Waals surface area contributed by atoms with E-state index >= 15 is 0 Å². The third kappa shape index (κ3) is 2.78. The van der Waals surface area contributed by atoms with E-state index in [0.717, 1.165) is 25.3 Å². The summed E-state index contributed by atoms with van der Waals surface area (Å²) in [6.45, 7) is 9.95. The maximum atomic E-state index is 4.40. The topological polar surface area (TPSA) is 28.2 Å². The average molecular weight is 233 g/mol. The molecule has 0 aliphatic carbocycles. The number of rotatable bonds is 3. The van der Waals surface area contributed by atoms with Gasteiger partial charge in [0.25, 0.3) is 0 Å². The first-order chi connectivity index (χ1) is 8.02. The van der Waals surface area contributed by atoms with Gasteiger partial charge >= 0.3 is 0 Å². The molecule has 0 aromatic carbocycles. The lowest BCUT2D eigenvalue weighted by Crippen LogP contribution is -2.24. The summed E-state index contributed by atoms with van der Waals surface area (Å²) in [5.74, 6) is 0. The molecule has 3 heteroatoms. The smallest absolute Gasteiger partial charge is 0.0445 e. The van der Waals surface area contributed by atoms with Crippen molar-refractivity contribution in [2.75, 3.05) is 25.0 Å². The van der Waals surface area contributed by atoms with E-state index in [1.165, 1.54) is 17.7 Å². The molecule has 0 saturated carbocycles. The van der Waals surface area contributed by atoms with Crippen molar-refractivity contribution in [3.8, 4) is 0 Å². The quantitative estimate of drug-likeness (QED) is 0.868. The first-order valence-corrected chi connectivity index (χ1v) is 6.37. The zero-order valence-electron chi connectivity index (χ0n) is 11.4. The van der Waals surface area contributed by atoms with Crippen molar-refractivity contribution in [1.29, 1.82) is 0 Å². The summed E-state index contributed by atoms with van der Waals surface area (Å²) >= 11 is 0. The average Bonchev–Trinajstić information content (AvgIpc) is 2.62. The van der Waals surface area contributed by atoms with Crippen molar-refractivity contribution < 1.29 is 0 Å². The Labute approximate surface area is 104 Å². The summed E-state index contributed by atoms with van der Waals surface area (Å²) in [5.41, 5.74) is 4.20. The molecule has 1 aromatic rings. The Hall–Kier alpha value is -1.09. The van der Waals surface area contributed by atoms with Gasteiger partial charge in [-0.3, -0.25) is 4.98 Å². The van der Waals surface area contributed by atoms with E-state index in [4.69, 9.17) is 0 Å². The number of hydrogen-bond acceptors (Lipinski definition) is 3. The van der Waals surface area contributed by atoms with E-state index in [0.29, 0.717) is 5.41 Å². The first kappa shape index (κ1) is 12.4. The molecule has 1 aliphatic rings. The van der Waals surface area contributed by atoms with Crippen molar-refractivity contribution in [2.45, 2.75) is 33.7 Å². The van der Waals surface area contributed by atoms with Gasteiger partial charge in [0.2, 0.25) is 0 Å². The fourth-order valence-electron chi connectivity index (χ4n) is 2.51. The molecule has 1 fully saturated rings. The van der Waals surface area contributed by atoms with Crippen LogP contribution in [0.5, 0.6) is 0 Å². The molecule has 0 radical (unpaired) electrons. The molecular weight excluding hydrogens is 210 g/mol. The van der Waals surface area contributed by atoms with Gasteiger partial charge < -0.3 is 10.2 Å². The number of aryl methyl sites for hydroxylation is 1. The molecule has 2 rings (SSSR count). The SMILES string of the molecule is CNCc1cnc(C)cc1N1CCC(C)(C)C1. The molecule has 94 valence electrons. The Kier molecular flexibility index (Phi) is 3.38. The van der Waals surface area contributed by atoms with Gasteiger partial charge in [0.15, 0.2) is 0 Å². The summed E-state index contributed by atoms with van der Waals surface area (Å²) in [6.07, 6.45) is 3.28. The molecule has 17 heavy (non-hydrogen) atoms. The van der Waals surface area contributed by atoms with Crippen molar-refractivity contribution in [3.63, 3.8) is 0 Å². The predicted molar refractivity (Wildman–Crippen MR) is 72.3 cm³/mol. The fraction of sp³-hybridized carbons (Fsp3) is 0.643. The molecule has 1 aliphatic heterocycles. The highest BCUT2D eigenvalue weighted by atomic mass is 15.2. The third-order valence-electron chi connectivity index (χ3n) is 3.48. The normalized spacial score (nSPS) is 18.7. The molecule has 0 unspecified atom stereocenters. The van der Waals surface area contributed by atoms with Crippen LogP contribution in [0.15, 0.2) is 12.3 Å². The Balaban J connectivity index is 2.27. The Bertz CT molecular complexity index is 398. The maximum Gasteiger partial charge on any atom is 0.0445 e. The summed E-state index contributed by atoms with van der Waals surface area (Å²) in [7, 11) is 1.98. The monoisotopic (exact) mass is 233 g/mol. The van der Waals surface area contributed by atoms with Gasteiger partial charge in [-0.05, 0) is 31.9 Å². The van der Waals surface area contributed by atoms with Gasteiger partial charge in [0.05, 0.1) is 0 Å². The number of nitrogens with one attached hydrogen (secondary N) is 1. The van der Waals surface area contributed by atoms with E-state index in [2.05, 4.69) is 42.0 Å². The lowest BCUT2D eigenvalue weighted by atomic mass is 9.93. The predicted octanol–water partition coefficient (Wildman–Crippen LogP) is 2.35. The van der Waals surface area contributed by atoms with Gasteiger partial charge in [-0.25, -0.2) is 0 Å². The molecule has 0 atom stereocenters. The Morgan fingerprint density at radius 3 is 2.82 bits per heavy atom. The molecule has 1 saturated heterocycles. The highest BCUT2D eigenvalue weighted by Gasteiger charge is 2.30. The molecule has 0 spiro atoms. The fourth-order valence-corrected chi connectivity index (χ4v) is 2.51. The van der Waals surface area contributed by atoms with Crippen molar-refractivity contribution >= 4 is 5.69 Å². The van der Waals surface area contributed by atoms with E-state index in [9.17, 15) is 0 Å². The largest absolute Gasteiger partial charge is 0.371 e. The Morgan fingerprint density at radius 2 is 2.24 bits per heavy atom. The van der Waals surface area contributed by atoms with Gasteiger partial charge in [-0.2, -0.15) is 0 Å². The number of nitrogens with zero attached hydrogens (tertiary/aromatic N) is 2. The minimum absolute atomic E-state index is 0.439. The van der Waals surface area contributed by atoms with Crippen LogP contribution in [0.4, 0.5) is 5.69 Å². The van der Waals surface area contributed by atoms with Crippen LogP contribution in [-0.2, 0) is 6.54 Å². The number of pyridine rings is 1. The summed E-state index contributed by atoms with van der Waals surface area (Å²) < 4.78 is 0.